The molecule has 1 heterocycles. The standard InChI is InChI=1S/C4H10Cl2Si2/c1-2-7-3-8(6)4(7)5/h4,7-8H,2-3H2,1H3. The molecule has 1 fully saturated rings. The van der Waals surface area contributed by atoms with Crippen LogP contribution >= 0.6 is 22.7 Å². The third-order valence-corrected chi connectivity index (χ3v) is 17.3. The summed E-state index contributed by atoms with van der Waals surface area (Å²) in [4.78, 5) is 0. The summed E-state index contributed by atoms with van der Waals surface area (Å²) in [5.41, 5.74) is 1.40. The lowest BCUT2D eigenvalue weighted by atomic mass is 11.0. The molecule has 8 heavy (non-hydrogen) atoms. The first kappa shape index (κ1) is 7.12. The summed E-state index contributed by atoms with van der Waals surface area (Å²) in [6.07, 6.45) is 0. The third kappa shape index (κ3) is 1.13. The SMILES string of the molecule is CC[SiH]1C[SiH](Cl)C1Cl. The van der Waals surface area contributed by atoms with Crippen molar-refractivity contribution in [3.63, 3.8) is 0 Å². The van der Waals surface area contributed by atoms with Crippen molar-refractivity contribution < 1.29 is 0 Å². The Morgan fingerprint density at radius 2 is 2.38 bits per heavy atom. The van der Waals surface area contributed by atoms with Gasteiger partial charge in [0.05, 0.1) is 8.80 Å². The zero-order valence-corrected chi connectivity index (χ0v) is 8.72. The largest absolute Gasteiger partial charge is 0.171 e. The van der Waals surface area contributed by atoms with Crippen LogP contribution in [0.15, 0.2) is 0 Å². The molecule has 48 valence electrons. The van der Waals surface area contributed by atoms with Crippen LogP contribution in [0, 0.1) is 0 Å². The second-order valence-corrected chi connectivity index (χ2v) is 12.9. The molecule has 0 bridgehead atoms. The smallest absolute Gasteiger partial charge is 0.152 e. The molecule has 1 saturated heterocycles. The molecule has 1 rings (SSSR count). The Morgan fingerprint density at radius 1 is 1.75 bits per heavy atom. The Balaban J connectivity index is 2.25. The highest BCUT2D eigenvalue weighted by Gasteiger charge is 2.39. The monoisotopic (exact) mass is 184 g/mol. The fourth-order valence-electron chi connectivity index (χ4n) is 1.04. The number of hydrogen-bond donors (Lipinski definition) is 0. The molecular formula is C4H10Cl2Si2. The molecule has 0 aromatic heterocycles. The van der Waals surface area contributed by atoms with Crippen LogP contribution in [0.3, 0.4) is 0 Å². The maximum Gasteiger partial charge on any atom is 0.152 e. The van der Waals surface area contributed by atoms with Gasteiger partial charge in [0, 0.05) is 4.62 Å². The molecule has 0 amide bonds. The summed E-state index contributed by atoms with van der Waals surface area (Å²) >= 11 is 11.9. The minimum absolute atomic E-state index is 0.437. The van der Waals surface area contributed by atoms with E-state index in [1.54, 1.807) is 0 Å². The fraction of sp³-hybridized carbons (Fsp3) is 1.00. The lowest BCUT2D eigenvalue weighted by Crippen LogP contribution is -2.50. The lowest BCUT2D eigenvalue weighted by Gasteiger charge is -2.33. The van der Waals surface area contributed by atoms with Gasteiger partial charge in [-0.1, -0.05) is 18.6 Å². The van der Waals surface area contributed by atoms with E-state index in [1.165, 1.54) is 11.7 Å². The van der Waals surface area contributed by atoms with Crippen molar-refractivity contribution >= 4 is 39.6 Å². The molecule has 3 unspecified atom stereocenters. The quantitative estimate of drug-likeness (QED) is 0.329. The molecule has 1 aliphatic heterocycles. The van der Waals surface area contributed by atoms with Gasteiger partial charge in [-0.05, 0) is 0 Å². The van der Waals surface area contributed by atoms with Crippen molar-refractivity contribution in [1.82, 2.24) is 0 Å². The van der Waals surface area contributed by atoms with Gasteiger partial charge in [0.15, 0.2) is 8.11 Å². The van der Waals surface area contributed by atoms with Gasteiger partial charge >= 0.3 is 0 Å². The zero-order valence-electron chi connectivity index (χ0n) is 4.90. The van der Waals surface area contributed by atoms with Crippen LogP contribution in [-0.4, -0.2) is 21.5 Å². The van der Waals surface area contributed by atoms with Gasteiger partial charge in [-0.2, -0.15) is 11.1 Å². The van der Waals surface area contributed by atoms with E-state index >= 15 is 0 Å². The Bertz CT molecular complexity index is 88.1. The molecule has 0 nitrogen and oxygen atoms in total. The summed E-state index contributed by atoms with van der Waals surface area (Å²) in [5, 5.41) is 0. The van der Waals surface area contributed by atoms with Crippen LogP contribution in [0.2, 0.25) is 11.7 Å². The first-order valence-corrected chi connectivity index (χ1v) is 9.00. The first-order valence-electron chi connectivity index (χ1n) is 3.03. The van der Waals surface area contributed by atoms with Gasteiger partial charge in [0.1, 0.15) is 0 Å². The summed E-state index contributed by atoms with van der Waals surface area (Å²) in [7, 11) is -1.28. The van der Waals surface area contributed by atoms with Gasteiger partial charge in [-0.3, -0.25) is 0 Å². The molecule has 0 aliphatic carbocycles. The van der Waals surface area contributed by atoms with Gasteiger partial charge in [0.2, 0.25) is 0 Å². The first-order chi connectivity index (χ1) is 3.75. The molecule has 0 radical (unpaired) electrons. The molecule has 0 N–H and O–H groups in total. The van der Waals surface area contributed by atoms with E-state index in [2.05, 4.69) is 6.92 Å². The van der Waals surface area contributed by atoms with Crippen molar-refractivity contribution in [2.24, 2.45) is 0 Å². The van der Waals surface area contributed by atoms with Crippen LogP contribution in [0.4, 0.5) is 0 Å². The van der Waals surface area contributed by atoms with Crippen LogP contribution < -0.4 is 0 Å². The van der Waals surface area contributed by atoms with Gasteiger partial charge in [-0.15, -0.1) is 11.6 Å². The van der Waals surface area contributed by atoms with E-state index in [0.29, 0.717) is 4.62 Å². The van der Waals surface area contributed by atoms with E-state index in [1.807, 2.05) is 0 Å². The summed E-state index contributed by atoms with van der Waals surface area (Å²) in [5.74, 6) is 0. The van der Waals surface area contributed by atoms with Crippen molar-refractivity contribution in [3.05, 3.63) is 0 Å². The lowest BCUT2D eigenvalue weighted by molar-refractivity contribution is 1.32. The minimum Gasteiger partial charge on any atom is -0.171 e. The van der Waals surface area contributed by atoms with Crippen molar-refractivity contribution in [3.8, 4) is 0 Å². The second kappa shape index (κ2) is 2.73. The van der Waals surface area contributed by atoms with Crippen molar-refractivity contribution in [2.45, 2.75) is 23.3 Å². The Morgan fingerprint density at radius 3 is 2.50 bits per heavy atom. The van der Waals surface area contributed by atoms with E-state index in [-0.39, 0.29) is 0 Å². The van der Waals surface area contributed by atoms with Gasteiger partial charge < -0.3 is 0 Å². The molecule has 3 atom stereocenters. The number of hydrogen-bond acceptors (Lipinski definition) is 0. The van der Waals surface area contributed by atoms with Crippen LogP contribution in [0.1, 0.15) is 6.92 Å². The molecule has 0 spiro atoms. The van der Waals surface area contributed by atoms with E-state index in [4.69, 9.17) is 22.7 Å². The number of alkyl halides is 1. The molecule has 1 aliphatic rings. The highest BCUT2D eigenvalue weighted by Crippen LogP contribution is 2.29. The number of rotatable bonds is 1. The van der Waals surface area contributed by atoms with E-state index in [9.17, 15) is 0 Å². The van der Waals surface area contributed by atoms with Gasteiger partial charge in [0.25, 0.3) is 0 Å². The molecule has 0 aromatic carbocycles. The fourth-order valence-corrected chi connectivity index (χ4v) is 15.1. The number of halogens is 2. The summed E-state index contributed by atoms with van der Waals surface area (Å²) in [6, 6.07) is 1.35. The molecule has 4 heteroatoms. The predicted molar refractivity (Wildman–Crippen MR) is 45.1 cm³/mol. The van der Waals surface area contributed by atoms with E-state index < -0.39 is 16.9 Å². The normalized spacial score (nSPS) is 46.1. The summed E-state index contributed by atoms with van der Waals surface area (Å²) < 4.78 is 0.529. The van der Waals surface area contributed by atoms with Crippen LogP contribution in [-0.2, 0) is 0 Å². The average Bonchev–Trinajstić information content (AvgIpc) is 1.81. The van der Waals surface area contributed by atoms with Crippen molar-refractivity contribution in [1.29, 1.82) is 0 Å². The van der Waals surface area contributed by atoms with E-state index in [0.717, 1.165) is 0 Å². The highest BCUT2D eigenvalue weighted by molar-refractivity contribution is 7.25. The summed E-state index contributed by atoms with van der Waals surface area (Å²) in [6.45, 7) is 2.24. The minimum atomic E-state index is -0.839. The van der Waals surface area contributed by atoms with Gasteiger partial charge in [-0.25, -0.2) is 0 Å². The third-order valence-electron chi connectivity index (χ3n) is 1.85. The highest BCUT2D eigenvalue weighted by atomic mass is 35.6. The Kier molecular flexibility index (Phi) is 2.43. The van der Waals surface area contributed by atoms with Crippen molar-refractivity contribution in [2.75, 3.05) is 0 Å². The maximum atomic E-state index is 5.96. The zero-order chi connectivity index (χ0) is 6.15. The molecular weight excluding hydrogens is 175 g/mol. The molecule has 0 saturated carbocycles. The van der Waals surface area contributed by atoms with Crippen LogP contribution in [0.5, 0.6) is 0 Å². The second-order valence-electron chi connectivity index (χ2n) is 2.36. The van der Waals surface area contributed by atoms with Crippen LogP contribution in [0.25, 0.3) is 0 Å². The predicted octanol–water partition coefficient (Wildman–Crippen LogP) is 1.43. The topological polar surface area (TPSA) is 0 Å². The maximum absolute atomic E-state index is 5.96. The molecule has 0 aromatic rings. The Labute approximate surface area is 63.1 Å². The average molecular weight is 185 g/mol. The Hall–Kier alpha value is 1.01.